The van der Waals surface area contributed by atoms with Crippen molar-refractivity contribution in [1.82, 2.24) is 0 Å². The van der Waals surface area contributed by atoms with Crippen LogP contribution in [0.4, 0.5) is 39.0 Å². The van der Waals surface area contributed by atoms with E-state index >= 15 is 0 Å². The Morgan fingerprint density at radius 2 is 1.19 bits per heavy atom. The molecule has 0 aliphatic rings. The van der Waals surface area contributed by atoms with E-state index in [1.54, 1.807) is 0 Å². The van der Waals surface area contributed by atoms with E-state index in [-0.39, 0.29) is 0 Å². The van der Waals surface area contributed by atoms with Crippen LogP contribution in [0.15, 0.2) is 0 Å². The van der Waals surface area contributed by atoms with Gasteiger partial charge in [-0.1, -0.05) is 0 Å². The minimum absolute atomic E-state index is 5.31. The summed E-state index contributed by atoms with van der Waals surface area (Å²) in [5.41, 5.74) is -5.31. The first-order chi connectivity index (χ1) is 6.65. The fourth-order valence-corrected chi connectivity index (χ4v) is 1.01. The van der Waals surface area contributed by atoms with E-state index in [9.17, 15) is 47.4 Å². The van der Waals surface area contributed by atoms with Gasteiger partial charge in [0.15, 0.2) is 0 Å². The molecule has 0 aliphatic heterocycles. The maximum absolute atomic E-state index is 12.1. The zero-order valence-electron chi connectivity index (χ0n) is 6.70. The lowest BCUT2D eigenvalue weighted by Gasteiger charge is -2.28. The Morgan fingerprint density at radius 3 is 1.38 bits per heavy atom. The quantitative estimate of drug-likeness (QED) is 0.589. The Hall–Kier alpha value is -0.680. The maximum atomic E-state index is 12.1. The van der Waals surface area contributed by atoms with Crippen LogP contribution in [0, 0.1) is 0 Å². The van der Waals surface area contributed by atoms with E-state index in [1.807, 2.05) is 0 Å². The molecule has 0 fully saturated rings. The molecule has 0 rings (SSSR count). The first kappa shape index (κ1) is 15.3. The van der Waals surface area contributed by atoms with Crippen LogP contribution in [0.5, 0.6) is 0 Å². The molecule has 0 N–H and O–H groups in total. The highest BCUT2D eigenvalue weighted by atomic mass is 32.3. The minimum Gasteiger partial charge on any atom is -0.220 e. The van der Waals surface area contributed by atoms with Crippen LogP contribution in [0.2, 0.25) is 0 Å². The van der Waals surface area contributed by atoms with Gasteiger partial charge in [0.2, 0.25) is 0 Å². The largest absolute Gasteiger partial charge is 0.460 e. The standard InChI is InChI=1S/C4HF9O2S/c5-1(16(13,14)15)2(6,7)3(8,9)4(10,11)12/h1H. The third kappa shape index (κ3) is 2.35. The highest BCUT2D eigenvalue weighted by molar-refractivity contribution is 7.86. The summed E-state index contributed by atoms with van der Waals surface area (Å²) in [7, 11) is -6.90. The molecule has 0 amide bonds. The highest BCUT2D eigenvalue weighted by Crippen LogP contribution is 2.49. The molecule has 98 valence electrons. The summed E-state index contributed by atoms with van der Waals surface area (Å²) in [5, 5.41) is 0. The lowest BCUT2D eigenvalue weighted by atomic mass is 10.2. The van der Waals surface area contributed by atoms with E-state index in [0.29, 0.717) is 0 Å². The molecule has 0 radical (unpaired) electrons. The molecule has 0 aromatic carbocycles. The van der Waals surface area contributed by atoms with Gasteiger partial charge in [-0.05, 0) is 0 Å². The molecule has 0 aliphatic carbocycles. The average molecular weight is 284 g/mol. The van der Waals surface area contributed by atoms with Gasteiger partial charge < -0.3 is 0 Å². The number of hydrogen-bond donors (Lipinski definition) is 0. The molecular weight excluding hydrogens is 283 g/mol. The highest BCUT2D eigenvalue weighted by Gasteiger charge is 2.78. The average Bonchev–Trinajstić information content (AvgIpc) is 1.98. The van der Waals surface area contributed by atoms with Gasteiger partial charge in [0.05, 0.1) is 0 Å². The van der Waals surface area contributed by atoms with Gasteiger partial charge in [0.1, 0.15) is 0 Å². The van der Waals surface area contributed by atoms with Crippen LogP contribution in [-0.2, 0) is 10.2 Å². The molecule has 0 spiro atoms. The van der Waals surface area contributed by atoms with Gasteiger partial charge in [0, 0.05) is 0 Å². The molecule has 0 saturated heterocycles. The van der Waals surface area contributed by atoms with Crippen molar-refractivity contribution in [3.63, 3.8) is 0 Å². The Balaban J connectivity index is 5.54. The van der Waals surface area contributed by atoms with Gasteiger partial charge in [-0.15, -0.1) is 3.89 Å². The van der Waals surface area contributed by atoms with Gasteiger partial charge in [-0.3, -0.25) is 0 Å². The molecular formula is C4HF9O2S. The third-order valence-electron chi connectivity index (χ3n) is 1.31. The Kier molecular flexibility index (Phi) is 3.51. The second-order valence-corrected chi connectivity index (χ2v) is 3.85. The Labute approximate surface area is 82.2 Å². The third-order valence-corrected chi connectivity index (χ3v) is 2.10. The molecule has 0 aromatic rings. The molecule has 0 aromatic heterocycles. The monoisotopic (exact) mass is 284 g/mol. The molecule has 16 heavy (non-hydrogen) atoms. The molecule has 0 bridgehead atoms. The van der Waals surface area contributed by atoms with Gasteiger partial charge in [0.25, 0.3) is 5.50 Å². The maximum Gasteiger partial charge on any atom is 0.460 e. The minimum atomic E-state index is -7.02. The normalized spacial score (nSPS) is 17.3. The molecule has 0 heterocycles. The zero-order chi connectivity index (χ0) is 13.6. The number of alkyl halides is 8. The van der Waals surface area contributed by atoms with E-state index in [2.05, 4.69) is 0 Å². The smallest absolute Gasteiger partial charge is 0.220 e. The van der Waals surface area contributed by atoms with Crippen molar-refractivity contribution in [2.75, 3.05) is 0 Å². The molecule has 12 heteroatoms. The van der Waals surface area contributed by atoms with Crippen LogP contribution >= 0.6 is 0 Å². The SMILES string of the molecule is O=S(=O)(F)C(F)C(F)(F)C(F)(F)C(F)(F)F. The second-order valence-electron chi connectivity index (χ2n) is 2.49. The molecule has 0 saturated carbocycles. The van der Waals surface area contributed by atoms with Gasteiger partial charge in [-0.25, -0.2) is 4.39 Å². The fourth-order valence-electron chi connectivity index (χ4n) is 0.508. The fraction of sp³-hybridized carbons (Fsp3) is 1.00. The summed E-state index contributed by atoms with van der Waals surface area (Å²) >= 11 is 0. The van der Waals surface area contributed by atoms with Crippen molar-refractivity contribution in [3.8, 4) is 0 Å². The van der Waals surface area contributed by atoms with Crippen LogP contribution in [-0.4, -0.2) is 31.9 Å². The topological polar surface area (TPSA) is 34.1 Å². The van der Waals surface area contributed by atoms with Crippen LogP contribution in [0.1, 0.15) is 0 Å². The first-order valence-corrected chi connectivity index (χ1v) is 4.50. The zero-order valence-corrected chi connectivity index (χ0v) is 7.52. The summed E-state index contributed by atoms with van der Waals surface area (Å²) < 4.78 is 125. The van der Waals surface area contributed by atoms with Crippen LogP contribution < -0.4 is 0 Å². The predicted molar refractivity (Wildman–Crippen MR) is 30.9 cm³/mol. The van der Waals surface area contributed by atoms with Crippen LogP contribution in [0.25, 0.3) is 0 Å². The van der Waals surface area contributed by atoms with Crippen molar-refractivity contribution in [1.29, 1.82) is 0 Å². The van der Waals surface area contributed by atoms with Crippen molar-refractivity contribution < 1.29 is 47.4 Å². The van der Waals surface area contributed by atoms with E-state index < -0.39 is 33.7 Å². The van der Waals surface area contributed by atoms with E-state index in [4.69, 9.17) is 0 Å². The van der Waals surface area contributed by atoms with Crippen molar-refractivity contribution in [2.24, 2.45) is 0 Å². The first-order valence-electron chi connectivity index (χ1n) is 3.05. The Bertz CT molecular complexity index is 354. The van der Waals surface area contributed by atoms with Gasteiger partial charge in [-0.2, -0.15) is 39.2 Å². The molecule has 1 unspecified atom stereocenters. The predicted octanol–water partition coefficient (Wildman–Crippen LogP) is 2.41. The molecule has 2 nitrogen and oxygen atoms in total. The summed E-state index contributed by atoms with van der Waals surface area (Å²) in [6.45, 7) is 0. The van der Waals surface area contributed by atoms with Crippen LogP contribution in [0.3, 0.4) is 0 Å². The van der Waals surface area contributed by atoms with Crippen molar-refractivity contribution in [3.05, 3.63) is 0 Å². The molecule has 1 atom stereocenters. The summed E-state index contributed by atoms with van der Waals surface area (Å²) in [4.78, 5) is 0. The lowest BCUT2D eigenvalue weighted by Crippen LogP contribution is -2.57. The summed E-state index contributed by atoms with van der Waals surface area (Å²) in [6.07, 6.45) is -6.93. The summed E-state index contributed by atoms with van der Waals surface area (Å²) in [6, 6.07) is 0. The van der Waals surface area contributed by atoms with Crippen molar-refractivity contribution >= 4 is 10.2 Å². The number of hydrogen-bond acceptors (Lipinski definition) is 2. The second kappa shape index (κ2) is 3.67. The Morgan fingerprint density at radius 1 is 0.875 bits per heavy atom. The number of halogens is 9. The van der Waals surface area contributed by atoms with E-state index in [0.717, 1.165) is 0 Å². The van der Waals surface area contributed by atoms with Gasteiger partial charge >= 0.3 is 28.2 Å². The summed E-state index contributed by atoms with van der Waals surface area (Å²) in [5.74, 6) is -13.8. The number of rotatable bonds is 3. The van der Waals surface area contributed by atoms with E-state index in [1.165, 1.54) is 0 Å². The lowest BCUT2D eigenvalue weighted by molar-refractivity contribution is -0.359. The van der Waals surface area contributed by atoms with Crippen molar-refractivity contribution in [2.45, 2.75) is 23.5 Å².